The van der Waals surface area contributed by atoms with Crippen LogP contribution >= 0.6 is 7.60 Å². The van der Waals surface area contributed by atoms with Crippen LogP contribution in [0.1, 0.15) is 13.8 Å². The third-order valence-corrected chi connectivity index (χ3v) is 5.01. The molecule has 0 aliphatic carbocycles. The number of nitrogens with zero attached hydrogens (tertiary/aromatic N) is 4. The summed E-state index contributed by atoms with van der Waals surface area (Å²) in [5.41, 5.74) is 0.823. The standard InChI is InChI=1S/C15H22N4O4P/c1-3-22-24(20,23-4-2)11-10-21-13-19-9-6-14(12-18-19)15-16-7-5-8-17-15/h5-9,12H,3-4,10-11,13H2,1-2H3/q+1. The molecule has 0 fully saturated rings. The minimum absolute atomic E-state index is 0.213. The first kappa shape index (κ1) is 18.6. The molecule has 8 nitrogen and oxygen atoms in total. The fraction of sp³-hybridized carbons (Fsp3) is 0.467. The maximum Gasteiger partial charge on any atom is 0.332 e. The highest BCUT2D eigenvalue weighted by molar-refractivity contribution is 7.53. The van der Waals surface area contributed by atoms with E-state index in [4.69, 9.17) is 13.8 Å². The van der Waals surface area contributed by atoms with Gasteiger partial charge in [-0.05, 0) is 25.0 Å². The Labute approximate surface area is 141 Å². The van der Waals surface area contributed by atoms with Crippen LogP contribution in [0.3, 0.4) is 0 Å². The van der Waals surface area contributed by atoms with Gasteiger partial charge in [-0.15, -0.1) is 0 Å². The average molecular weight is 353 g/mol. The van der Waals surface area contributed by atoms with Gasteiger partial charge >= 0.3 is 7.60 Å². The molecular weight excluding hydrogens is 331 g/mol. The van der Waals surface area contributed by atoms with Crippen LogP contribution in [0, 0.1) is 0 Å². The van der Waals surface area contributed by atoms with E-state index in [1.165, 1.54) is 0 Å². The molecule has 0 saturated carbocycles. The molecule has 130 valence electrons. The molecule has 0 atom stereocenters. The van der Waals surface area contributed by atoms with Crippen LogP contribution in [0.15, 0.2) is 36.9 Å². The van der Waals surface area contributed by atoms with E-state index >= 15 is 0 Å². The molecule has 0 aliphatic heterocycles. The lowest BCUT2D eigenvalue weighted by Crippen LogP contribution is -2.38. The molecule has 0 amide bonds. The summed E-state index contributed by atoms with van der Waals surface area (Å²) in [4.78, 5) is 8.33. The Morgan fingerprint density at radius 1 is 1.17 bits per heavy atom. The maximum atomic E-state index is 12.3. The van der Waals surface area contributed by atoms with E-state index < -0.39 is 7.60 Å². The van der Waals surface area contributed by atoms with Crippen LogP contribution < -0.4 is 4.68 Å². The van der Waals surface area contributed by atoms with Crippen molar-refractivity contribution < 1.29 is 23.0 Å². The van der Waals surface area contributed by atoms with E-state index in [-0.39, 0.29) is 19.5 Å². The first-order valence-corrected chi connectivity index (χ1v) is 9.48. The van der Waals surface area contributed by atoms with Gasteiger partial charge in [-0.1, -0.05) is 4.68 Å². The van der Waals surface area contributed by atoms with Crippen LogP contribution in [-0.4, -0.2) is 41.0 Å². The molecule has 0 aliphatic rings. The smallest absolute Gasteiger partial charge is 0.321 e. The van der Waals surface area contributed by atoms with E-state index in [0.29, 0.717) is 19.0 Å². The first-order chi connectivity index (χ1) is 11.7. The molecule has 9 heteroatoms. The molecule has 2 aromatic heterocycles. The topological polar surface area (TPSA) is 87.3 Å². The highest BCUT2D eigenvalue weighted by Gasteiger charge is 2.23. The van der Waals surface area contributed by atoms with Crippen molar-refractivity contribution >= 4 is 7.60 Å². The molecule has 0 unspecified atom stereocenters. The lowest BCUT2D eigenvalue weighted by molar-refractivity contribution is -0.784. The Hall–Kier alpha value is -1.73. The zero-order chi connectivity index (χ0) is 17.3. The molecule has 0 bridgehead atoms. The summed E-state index contributed by atoms with van der Waals surface area (Å²) in [6.07, 6.45) is 7.02. The van der Waals surface area contributed by atoms with Crippen LogP contribution in [-0.2, 0) is 25.1 Å². The summed E-state index contributed by atoms with van der Waals surface area (Å²) in [6.45, 7) is 4.76. The predicted octanol–water partition coefficient (Wildman–Crippen LogP) is 2.07. The molecule has 2 heterocycles. The zero-order valence-corrected chi connectivity index (χ0v) is 14.8. The summed E-state index contributed by atoms with van der Waals surface area (Å²) in [6, 6.07) is 3.62. The van der Waals surface area contributed by atoms with Crippen molar-refractivity contribution in [2.24, 2.45) is 0 Å². The molecule has 2 aromatic rings. The van der Waals surface area contributed by atoms with Crippen molar-refractivity contribution in [1.29, 1.82) is 0 Å². The highest BCUT2D eigenvalue weighted by Crippen LogP contribution is 2.47. The Bertz CT molecular complexity index is 644. The highest BCUT2D eigenvalue weighted by atomic mass is 31.2. The fourth-order valence-electron chi connectivity index (χ4n) is 1.94. The first-order valence-electron chi connectivity index (χ1n) is 7.76. The number of ether oxygens (including phenoxy) is 1. The Morgan fingerprint density at radius 3 is 2.46 bits per heavy atom. The van der Waals surface area contributed by atoms with Crippen LogP contribution in [0.5, 0.6) is 0 Å². The van der Waals surface area contributed by atoms with Crippen LogP contribution in [0.4, 0.5) is 0 Å². The van der Waals surface area contributed by atoms with Crippen molar-refractivity contribution in [2.75, 3.05) is 26.0 Å². The summed E-state index contributed by atoms with van der Waals surface area (Å²) in [7, 11) is -3.06. The van der Waals surface area contributed by atoms with Gasteiger partial charge in [0.2, 0.25) is 0 Å². The minimum atomic E-state index is -3.06. The van der Waals surface area contributed by atoms with Crippen molar-refractivity contribution in [2.45, 2.75) is 20.6 Å². The van der Waals surface area contributed by atoms with E-state index in [2.05, 4.69) is 15.1 Å². The molecular formula is C15H22N4O4P+. The van der Waals surface area contributed by atoms with E-state index in [0.717, 1.165) is 5.56 Å². The van der Waals surface area contributed by atoms with Crippen LogP contribution in [0.25, 0.3) is 11.4 Å². The summed E-state index contributed by atoms with van der Waals surface area (Å²) in [5.74, 6) is 0.618. The Morgan fingerprint density at radius 2 is 1.88 bits per heavy atom. The molecule has 24 heavy (non-hydrogen) atoms. The monoisotopic (exact) mass is 353 g/mol. The number of rotatable bonds is 10. The second-order valence-electron chi connectivity index (χ2n) is 4.73. The SMILES string of the molecule is CCOP(=O)(CCOC[n+]1ccc(-c2ncccn2)cn1)OCC. The minimum Gasteiger partial charge on any atom is -0.321 e. The Kier molecular flexibility index (Phi) is 7.39. The largest absolute Gasteiger partial charge is 0.332 e. The van der Waals surface area contributed by atoms with Crippen molar-refractivity contribution in [1.82, 2.24) is 15.1 Å². The quantitative estimate of drug-likeness (QED) is 0.367. The summed E-state index contributed by atoms with van der Waals surface area (Å²) in [5, 5.41) is 4.24. The molecule has 0 radical (unpaired) electrons. The Balaban J connectivity index is 1.81. The normalized spacial score (nSPS) is 11.6. The van der Waals surface area contributed by atoms with Gasteiger partial charge in [0, 0.05) is 24.0 Å². The van der Waals surface area contributed by atoms with Crippen molar-refractivity contribution in [3.05, 3.63) is 36.9 Å². The zero-order valence-electron chi connectivity index (χ0n) is 13.9. The van der Waals surface area contributed by atoms with Gasteiger partial charge in [0.15, 0.2) is 12.0 Å². The van der Waals surface area contributed by atoms with Gasteiger partial charge in [-0.2, -0.15) is 0 Å². The average Bonchev–Trinajstić information content (AvgIpc) is 2.61. The molecule has 0 N–H and O–H groups in total. The van der Waals surface area contributed by atoms with Gasteiger partial charge in [0.1, 0.15) is 6.20 Å². The number of hydrogen-bond acceptors (Lipinski definition) is 7. The summed E-state index contributed by atoms with van der Waals surface area (Å²) < 4.78 is 29.8. The number of hydrogen-bond donors (Lipinski definition) is 0. The lowest BCUT2D eigenvalue weighted by atomic mass is 10.3. The van der Waals surface area contributed by atoms with Gasteiger partial charge in [0.05, 0.1) is 26.0 Å². The second-order valence-corrected chi connectivity index (χ2v) is 6.92. The molecule has 0 saturated heterocycles. The second kappa shape index (κ2) is 9.54. The summed E-state index contributed by atoms with van der Waals surface area (Å²) >= 11 is 0. The predicted molar refractivity (Wildman–Crippen MR) is 87.1 cm³/mol. The lowest BCUT2D eigenvalue weighted by Gasteiger charge is -2.16. The maximum absolute atomic E-state index is 12.3. The third kappa shape index (κ3) is 5.72. The van der Waals surface area contributed by atoms with Crippen LogP contribution in [0.2, 0.25) is 0 Å². The van der Waals surface area contributed by atoms with Gasteiger partial charge in [-0.25, -0.2) is 9.97 Å². The molecule has 0 spiro atoms. The number of aromatic nitrogens is 4. The van der Waals surface area contributed by atoms with Crippen molar-refractivity contribution in [3.8, 4) is 11.4 Å². The molecule has 2 rings (SSSR count). The van der Waals surface area contributed by atoms with E-state index in [9.17, 15) is 4.57 Å². The molecule has 0 aromatic carbocycles. The van der Waals surface area contributed by atoms with E-state index in [1.807, 2.05) is 6.07 Å². The third-order valence-electron chi connectivity index (χ3n) is 2.98. The fourth-order valence-corrected chi connectivity index (χ4v) is 3.41. The van der Waals surface area contributed by atoms with Crippen molar-refractivity contribution in [3.63, 3.8) is 0 Å². The van der Waals surface area contributed by atoms with Gasteiger partial charge in [-0.3, -0.25) is 4.57 Å². The van der Waals surface area contributed by atoms with Gasteiger partial charge < -0.3 is 13.8 Å². The van der Waals surface area contributed by atoms with Gasteiger partial charge in [0.25, 0.3) is 6.73 Å². The van der Waals surface area contributed by atoms with E-state index in [1.54, 1.807) is 49.4 Å².